The standard InChI is InChI=1S/C18H25N5O/c1-6-14-13(3)20-17-10-15(16-8-7-9-24-16)21-23(17)18(14)19-12(2)11-22(4)5/h7-10,12,19H,6,11H2,1-5H3. The van der Waals surface area contributed by atoms with Gasteiger partial charge in [0, 0.05) is 29.9 Å². The molecule has 0 aliphatic rings. The Morgan fingerprint density at radius 2 is 2.17 bits per heavy atom. The third-order valence-corrected chi connectivity index (χ3v) is 4.06. The van der Waals surface area contributed by atoms with Gasteiger partial charge in [0.05, 0.1) is 6.26 Å². The Morgan fingerprint density at radius 1 is 1.38 bits per heavy atom. The number of likely N-dealkylation sites (N-methyl/N-ethyl adjacent to an activating group) is 1. The molecule has 128 valence electrons. The maximum atomic E-state index is 5.48. The lowest BCUT2D eigenvalue weighted by atomic mass is 10.1. The van der Waals surface area contributed by atoms with Crippen molar-refractivity contribution in [3.05, 3.63) is 35.7 Å². The highest BCUT2D eigenvalue weighted by Crippen LogP contribution is 2.26. The maximum Gasteiger partial charge on any atom is 0.158 e. The van der Waals surface area contributed by atoms with Gasteiger partial charge in [-0.25, -0.2) is 4.98 Å². The number of hydrogen-bond donors (Lipinski definition) is 1. The van der Waals surface area contributed by atoms with Gasteiger partial charge in [-0.2, -0.15) is 9.61 Å². The van der Waals surface area contributed by atoms with Crippen LogP contribution in [-0.4, -0.2) is 46.2 Å². The van der Waals surface area contributed by atoms with Gasteiger partial charge in [-0.3, -0.25) is 0 Å². The summed E-state index contributed by atoms with van der Waals surface area (Å²) >= 11 is 0. The molecule has 6 nitrogen and oxygen atoms in total. The zero-order valence-corrected chi connectivity index (χ0v) is 15.0. The largest absolute Gasteiger partial charge is 0.463 e. The third-order valence-electron chi connectivity index (χ3n) is 4.06. The lowest BCUT2D eigenvalue weighted by Gasteiger charge is -2.22. The van der Waals surface area contributed by atoms with Crippen molar-refractivity contribution in [2.24, 2.45) is 0 Å². The number of aryl methyl sites for hydroxylation is 1. The van der Waals surface area contributed by atoms with Gasteiger partial charge in [0.25, 0.3) is 0 Å². The Hall–Kier alpha value is -2.34. The summed E-state index contributed by atoms with van der Waals surface area (Å²) in [5.41, 5.74) is 3.86. The number of anilines is 1. The van der Waals surface area contributed by atoms with Gasteiger partial charge in [0.15, 0.2) is 11.4 Å². The van der Waals surface area contributed by atoms with Gasteiger partial charge in [-0.1, -0.05) is 6.92 Å². The molecule has 1 atom stereocenters. The van der Waals surface area contributed by atoms with Crippen LogP contribution in [0.4, 0.5) is 5.82 Å². The molecule has 0 saturated heterocycles. The minimum atomic E-state index is 0.298. The first-order valence-corrected chi connectivity index (χ1v) is 8.34. The average Bonchev–Trinajstić information content (AvgIpc) is 3.14. The molecule has 3 aromatic heterocycles. The van der Waals surface area contributed by atoms with Crippen LogP contribution >= 0.6 is 0 Å². The summed E-state index contributed by atoms with van der Waals surface area (Å²) < 4.78 is 7.38. The normalized spacial score (nSPS) is 12.9. The number of nitrogens with zero attached hydrogens (tertiary/aromatic N) is 4. The van der Waals surface area contributed by atoms with Crippen LogP contribution in [0.25, 0.3) is 17.1 Å². The fourth-order valence-electron chi connectivity index (χ4n) is 3.10. The molecule has 0 spiro atoms. The van der Waals surface area contributed by atoms with Crippen LogP contribution in [0.15, 0.2) is 28.9 Å². The van der Waals surface area contributed by atoms with Crippen LogP contribution in [0.3, 0.4) is 0 Å². The number of rotatable bonds is 6. The zero-order valence-electron chi connectivity index (χ0n) is 15.0. The first kappa shape index (κ1) is 16.5. The van der Waals surface area contributed by atoms with Gasteiger partial charge in [-0.15, -0.1) is 0 Å². The Bertz CT molecular complexity index is 820. The molecular weight excluding hydrogens is 302 g/mol. The highest BCUT2D eigenvalue weighted by Gasteiger charge is 2.17. The highest BCUT2D eigenvalue weighted by atomic mass is 16.3. The Morgan fingerprint density at radius 3 is 2.79 bits per heavy atom. The van der Waals surface area contributed by atoms with Crippen molar-refractivity contribution in [3.8, 4) is 11.5 Å². The van der Waals surface area contributed by atoms with Gasteiger partial charge in [-0.05, 0) is 46.5 Å². The summed E-state index contributed by atoms with van der Waals surface area (Å²) in [5.74, 6) is 1.77. The lowest BCUT2D eigenvalue weighted by Crippen LogP contribution is -2.31. The minimum Gasteiger partial charge on any atom is -0.463 e. The van der Waals surface area contributed by atoms with Crippen molar-refractivity contribution in [2.45, 2.75) is 33.2 Å². The molecule has 0 amide bonds. The van der Waals surface area contributed by atoms with Gasteiger partial charge < -0.3 is 14.6 Å². The van der Waals surface area contributed by atoms with E-state index in [1.165, 1.54) is 5.56 Å². The second-order valence-electron chi connectivity index (χ2n) is 6.46. The molecule has 0 aliphatic carbocycles. The quantitative estimate of drug-likeness (QED) is 0.753. The molecule has 24 heavy (non-hydrogen) atoms. The summed E-state index contributed by atoms with van der Waals surface area (Å²) in [6, 6.07) is 6.05. The number of fused-ring (bicyclic) bond motifs is 1. The molecule has 0 fully saturated rings. The molecule has 0 aliphatic heterocycles. The Balaban J connectivity index is 2.09. The molecule has 1 unspecified atom stereocenters. The van der Waals surface area contributed by atoms with E-state index in [4.69, 9.17) is 14.5 Å². The molecule has 0 radical (unpaired) electrons. The van der Waals surface area contributed by atoms with E-state index >= 15 is 0 Å². The van der Waals surface area contributed by atoms with Crippen molar-refractivity contribution in [1.29, 1.82) is 0 Å². The number of furan rings is 1. The van der Waals surface area contributed by atoms with E-state index in [0.717, 1.165) is 41.6 Å². The van der Waals surface area contributed by atoms with Gasteiger partial charge >= 0.3 is 0 Å². The summed E-state index contributed by atoms with van der Waals surface area (Å²) in [4.78, 5) is 6.89. The third kappa shape index (κ3) is 3.14. The Labute approximate surface area is 142 Å². The second-order valence-corrected chi connectivity index (χ2v) is 6.46. The van der Waals surface area contributed by atoms with Crippen molar-refractivity contribution in [3.63, 3.8) is 0 Å². The van der Waals surface area contributed by atoms with Gasteiger partial charge in [0.1, 0.15) is 11.5 Å². The number of hydrogen-bond acceptors (Lipinski definition) is 5. The van der Waals surface area contributed by atoms with Crippen LogP contribution in [-0.2, 0) is 6.42 Å². The van der Waals surface area contributed by atoms with Crippen molar-refractivity contribution in [1.82, 2.24) is 19.5 Å². The minimum absolute atomic E-state index is 0.298. The molecule has 6 heteroatoms. The number of nitrogens with one attached hydrogen (secondary N) is 1. The van der Waals surface area contributed by atoms with E-state index < -0.39 is 0 Å². The first-order chi connectivity index (χ1) is 11.5. The average molecular weight is 327 g/mol. The van der Waals surface area contributed by atoms with E-state index in [9.17, 15) is 0 Å². The van der Waals surface area contributed by atoms with E-state index in [2.05, 4.69) is 45.1 Å². The van der Waals surface area contributed by atoms with Gasteiger partial charge in [0.2, 0.25) is 0 Å². The van der Waals surface area contributed by atoms with E-state index in [1.807, 2.05) is 22.7 Å². The van der Waals surface area contributed by atoms with Crippen LogP contribution in [0.5, 0.6) is 0 Å². The molecule has 0 bridgehead atoms. The summed E-state index contributed by atoms with van der Waals surface area (Å²) in [6.45, 7) is 7.32. The predicted molar refractivity (Wildman–Crippen MR) is 96.4 cm³/mol. The van der Waals surface area contributed by atoms with Crippen LogP contribution in [0, 0.1) is 6.92 Å². The summed E-state index contributed by atoms with van der Waals surface area (Å²) in [7, 11) is 4.16. The monoisotopic (exact) mass is 327 g/mol. The summed E-state index contributed by atoms with van der Waals surface area (Å²) in [6.07, 6.45) is 2.57. The fraction of sp³-hybridized carbons (Fsp3) is 0.444. The van der Waals surface area contributed by atoms with Crippen molar-refractivity contribution >= 4 is 11.5 Å². The van der Waals surface area contributed by atoms with E-state index in [0.29, 0.717) is 6.04 Å². The van der Waals surface area contributed by atoms with E-state index in [1.54, 1.807) is 6.26 Å². The molecule has 3 rings (SSSR count). The van der Waals surface area contributed by atoms with Crippen molar-refractivity contribution in [2.75, 3.05) is 26.0 Å². The number of aromatic nitrogens is 3. The first-order valence-electron chi connectivity index (χ1n) is 8.34. The highest BCUT2D eigenvalue weighted by molar-refractivity contribution is 5.63. The predicted octanol–water partition coefficient (Wildman–Crippen LogP) is 3.22. The SMILES string of the molecule is CCc1c(C)nc2cc(-c3ccco3)nn2c1NC(C)CN(C)C. The molecule has 0 saturated carbocycles. The lowest BCUT2D eigenvalue weighted by molar-refractivity contribution is 0.391. The molecule has 3 aromatic rings. The fourth-order valence-corrected chi connectivity index (χ4v) is 3.10. The van der Waals surface area contributed by atoms with Crippen LogP contribution in [0.2, 0.25) is 0 Å². The molecule has 3 heterocycles. The van der Waals surface area contributed by atoms with Crippen LogP contribution < -0.4 is 5.32 Å². The topological polar surface area (TPSA) is 58.6 Å². The molecule has 1 N–H and O–H groups in total. The zero-order chi connectivity index (χ0) is 17.3. The summed E-state index contributed by atoms with van der Waals surface area (Å²) in [5, 5.41) is 8.34. The van der Waals surface area contributed by atoms with Crippen molar-refractivity contribution < 1.29 is 4.42 Å². The molecule has 0 aromatic carbocycles. The second kappa shape index (κ2) is 6.65. The smallest absolute Gasteiger partial charge is 0.158 e. The van der Waals surface area contributed by atoms with Crippen LogP contribution in [0.1, 0.15) is 25.1 Å². The Kier molecular flexibility index (Phi) is 4.57. The maximum absolute atomic E-state index is 5.48. The van der Waals surface area contributed by atoms with E-state index in [-0.39, 0.29) is 0 Å². The molecular formula is C18H25N5O.